The van der Waals surface area contributed by atoms with Crippen molar-refractivity contribution in [3.8, 4) is 0 Å². The predicted molar refractivity (Wildman–Crippen MR) is 70.1 cm³/mol. The number of esters is 1. The lowest BCUT2D eigenvalue weighted by Crippen LogP contribution is -2.36. The first-order chi connectivity index (χ1) is 8.62. The van der Waals surface area contributed by atoms with Crippen LogP contribution in [0.4, 0.5) is 0 Å². The van der Waals surface area contributed by atoms with Crippen molar-refractivity contribution in [2.75, 3.05) is 0 Å². The summed E-state index contributed by atoms with van der Waals surface area (Å²) in [6.07, 6.45) is 4.56. The third-order valence-electron chi connectivity index (χ3n) is 4.36. The van der Waals surface area contributed by atoms with Crippen LogP contribution in [-0.2, 0) is 16.0 Å². The molecule has 3 rings (SSSR count). The smallest absolute Gasteiger partial charge is 0.333 e. The van der Waals surface area contributed by atoms with Gasteiger partial charge in [0.05, 0.1) is 0 Å². The van der Waals surface area contributed by atoms with Gasteiger partial charge in [0.1, 0.15) is 6.10 Å². The third kappa shape index (κ3) is 1.59. The first kappa shape index (κ1) is 11.5. The summed E-state index contributed by atoms with van der Waals surface area (Å²) >= 11 is 0. The van der Waals surface area contributed by atoms with Crippen molar-refractivity contribution in [1.29, 1.82) is 0 Å². The molecule has 0 heterocycles. The Morgan fingerprint density at radius 1 is 1.39 bits per heavy atom. The lowest BCUT2D eigenvalue weighted by Gasteiger charge is -2.42. The average molecular weight is 242 g/mol. The van der Waals surface area contributed by atoms with E-state index in [2.05, 4.69) is 24.8 Å². The molecule has 0 saturated heterocycles. The number of ether oxygens (including phenoxy) is 1. The molecule has 0 aromatic heterocycles. The summed E-state index contributed by atoms with van der Waals surface area (Å²) in [7, 11) is 0. The zero-order valence-corrected chi connectivity index (χ0v) is 10.7. The van der Waals surface area contributed by atoms with Crippen molar-refractivity contribution >= 4 is 5.97 Å². The van der Waals surface area contributed by atoms with Gasteiger partial charge in [-0.05, 0) is 37.3 Å². The van der Waals surface area contributed by atoms with Crippen LogP contribution in [0.3, 0.4) is 0 Å². The SMILES string of the molecule is C=C(C)C(=O)OC1c2ccccc2CC12CCC2. The Morgan fingerprint density at radius 2 is 2.11 bits per heavy atom. The van der Waals surface area contributed by atoms with Gasteiger partial charge >= 0.3 is 5.97 Å². The van der Waals surface area contributed by atoms with Crippen molar-refractivity contribution in [3.05, 3.63) is 47.5 Å². The first-order valence-corrected chi connectivity index (χ1v) is 6.57. The molecule has 0 amide bonds. The number of hydrogen-bond acceptors (Lipinski definition) is 2. The van der Waals surface area contributed by atoms with Crippen LogP contribution in [0.5, 0.6) is 0 Å². The molecular formula is C16H18O2. The minimum absolute atomic E-state index is 0.0633. The third-order valence-corrected chi connectivity index (χ3v) is 4.36. The quantitative estimate of drug-likeness (QED) is 0.585. The molecule has 94 valence electrons. The number of carbonyl (C=O) groups excluding carboxylic acids is 1. The number of fused-ring (bicyclic) bond motifs is 1. The Morgan fingerprint density at radius 3 is 2.72 bits per heavy atom. The van der Waals surface area contributed by atoms with Gasteiger partial charge in [-0.1, -0.05) is 37.3 Å². The van der Waals surface area contributed by atoms with Gasteiger partial charge in [-0.25, -0.2) is 4.79 Å². The van der Waals surface area contributed by atoms with E-state index in [0.29, 0.717) is 5.57 Å². The van der Waals surface area contributed by atoms with Gasteiger partial charge in [-0.3, -0.25) is 0 Å². The fourth-order valence-corrected chi connectivity index (χ4v) is 3.22. The minimum Gasteiger partial charge on any atom is -0.454 e. The standard InChI is InChI=1S/C16H18O2/c1-11(2)15(17)18-14-13-7-4-3-6-12(13)10-16(14)8-5-9-16/h3-4,6-7,14H,1,5,8-10H2,2H3. The summed E-state index contributed by atoms with van der Waals surface area (Å²) in [4.78, 5) is 11.8. The van der Waals surface area contributed by atoms with E-state index in [0.717, 1.165) is 19.3 Å². The molecule has 0 radical (unpaired) electrons. The first-order valence-electron chi connectivity index (χ1n) is 6.57. The van der Waals surface area contributed by atoms with E-state index < -0.39 is 0 Å². The molecule has 1 aromatic rings. The van der Waals surface area contributed by atoms with Crippen LogP contribution in [0.25, 0.3) is 0 Å². The van der Waals surface area contributed by atoms with Crippen LogP contribution < -0.4 is 0 Å². The summed E-state index contributed by atoms with van der Waals surface area (Å²) < 4.78 is 5.72. The highest BCUT2D eigenvalue weighted by molar-refractivity contribution is 5.87. The van der Waals surface area contributed by atoms with Crippen LogP contribution in [0.2, 0.25) is 0 Å². The Labute approximate surface area is 108 Å². The number of rotatable bonds is 2. The van der Waals surface area contributed by atoms with Crippen LogP contribution in [-0.4, -0.2) is 5.97 Å². The maximum atomic E-state index is 11.8. The van der Waals surface area contributed by atoms with Gasteiger partial charge in [0.2, 0.25) is 0 Å². The van der Waals surface area contributed by atoms with Gasteiger partial charge in [-0.2, -0.15) is 0 Å². The summed E-state index contributed by atoms with van der Waals surface area (Å²) in [6, 6.07) is 8.34. The lowest BCUT2D eigenvalue weighted by atomic mass is 9.65. The van der Waals surface area contributed by atoms with Crippen LogP contribution in [0, 0.1) is 5.41 Å². The molecular weight excluding hydrogens is 224 g/mol. The summed E-state index contributed by atoms with van der Waals surface area (Å²) in [6.45, 7) is 5.38. The topological polar surface area (TPSA) is 26.3 Å². The molecule has 2 aliphatic carbocycles. The molecule has 1 fully saturated rings. The molecule has 1 unspecified atom stereocenters. The number of benzene rings is 1. The Balaban J connectivity index is 1.93. The van der Waals surface area contributed by atoms with Crippen LogP contribution >= 0.6 is 0 Å². The second kappa shape index (κ2) is 3.98. The van der Waals surface area contributed by atoms with E-state index in [1.54, 1.807) is 6.92 Å². The van der Waals surface area contributed by atoms with Crippen molar-refractivity contribution in [2.24, 2.45) is 5.41 Å². The molecule has 0 N–H and O–H groups in total. The van der Waals surface area contributed by atoms with Crippen molar-refractivity contribution < 1.29 is 9.53 Å². The molecule has 18 heavy (non-hydrogen) atoms. The van der Waals surface area contributed by atoms with Gasteiger partial charge in [0.25, 0.3) is 0 Å². The highest BCUT2D eigenvalue weighted by Gasteiger charge is 2.51. The summed E-state index contributed by atoms with van der Waals surface area (Å²) in [5.41, 5.74) is 3.20. The fourth-order valence-electron chi connectivity index (χ4n) is 3.22. The van der Waals surface area contributed by atoms with Gasteiger partial charge in [0.15, 0.2) is 0 Å². The van der Waals surface area contributed by atoms with Crippen LogP contribution in [0.15, 0.2) is 36.4 Å². The van der Waals surface area contributed by atoms with Gasteiger partial charge in [0, 0.05) is 11.0 Å². The van der Waals surface area contributed by atoms with E-state index in [1.807, 2.05) is 6.07 Å². The van der Waals surface area contributed by atoms with Crippen molar-refractivity contribution in [1.82, 2.24) is 0 Å². The van der Waals surface area contributed by atoms with Crippen molar-refractivity contribution in [3.63, 3.8) is 0 Å². The van der Waals surface area contributed by atoms with Gasteiger partial charge < -0.3 is 4.74 Å². The molecule has 2 heteroatoms. The summed E-state index contributed by atoms with van der Waals surface area (Å²) in [5.74, 6) is -0.261. The predicted octanol–water partition coefficient (Wildman–Crippen LogP) is 3.57. The van der Waals surface area contributed by atoms with Gasteiger partial charge in [-0.15, -0.1) is 0 Å². The summed E-state index contributed by atoms with van der Waals surface area (Å²) in [5, 5.41) is 0. The van der Waals surface area contributed by atoms with E-state index in [4.69, 9.17) is 4.74 Å². The second-order valence-corrected chi connectivity index (χ2v) is 5.66. The maximum absolute atomic E-state index is 11.8. The second-order valence-electron chi connectivity index (χ2n) is 5.66. The molecule has 0 aliphatic heterocycles. The molecule has 1 atom stereocenters. The highest BCUT2D eigenvalue weighted by Crippen LogP contribution is 2.59. The zero-order chi connectivity index (χ0) is 12.8. The molecule has 1 aromatic carbocycles. The monoisotopic (exact) mass is 242 g/mol. The fraction of sp³-hybridized carbons (Fsp3) is 0.438. The number of hydrogen-bond donors (Lipinski definition) is 0. The molecule has 2 aliphatic rings. The largest absolute Gasteiger partial charge is 0.454 e. The normalized spacial score (nSPS) is 23.3. The van der Waals surface area contributed by atoms with Crippen molar-refractivity contribution in [2.45, 2.75) is 38.7 Å². The Kier molecular flexibility index (Phi) is 2.54. The Hall–Kier alpha value is -1.57. The number of carbonyl (C=O) groups is 1. The zero-order valence-electron chi connectivity index (χ0n) is 10.7. The molecule has 1 spiro atoms. The van der Waals surface area contributed by atoms with E-state index in [1.165, 1.54) is 17.5 Å². The van der Waals surface area contributed by atoms with Crippen LogP contribution in [0.1, 0.15) is 43.4 Å². The minimum atomic E-state index is -0.261. The lowest BCUT2D eigenvalue weighted by molar-refractivity contribution is -0.155. The Bertz CT molecular complexity index is 512. The average Bonchev–Trinajstić information content (AvgIpc) is 2.64. The molecule has 0 bridgehead atoms. The maximum Gasteiger partial charge on any atom is 0.333 e. The molecule has 2 nitrogen and oxygen atoms in total. The van der Waals surface area contributed by atoms with E-state index in [9.17, 15) is 4.79 Å². The van der Waals surface area contributed by atoms with E-state index >= 15 is 0 Å². The molecule has 1 saturated carbocycles. The van der Waals surface area contributed by atoms with E-state index in [-0.39, 0.29) is 17.5 Å². The highest BCUT2D eigenvalue weighted by atomic mass is 16.5.